The van der Waals surface area contributed by atoms with E-state index in [4.69, 9.17) is 0 Å². The van der Waals surface area contributed by atoms with Crippen molar-refractivity contribution in [2.24, 2.45) is 5.92 Å². The van der Waals surface area contributed by atoms with E-state index in [-0.39, 0.29) is 35.7 Å². The minimum Gasteiger partial charge on any atom is -0.350 e. The molecule has 0 atom stereocenters. The van der Waals surface area contributed by atoms with Crippen molar-refractivity contribution < 1.29 is 14.4 Å². The fourth-order valence-electron chi connectivity index (χ4n) is 3.12. The summed E-state index contributed by atoms with van der Waals surface area (Å²) in [6.07, 6.45) is 1.29. The van der Waals surface area contributed by atoms with Crippen molar-refractivity contribution in [3.63, 3.8) is 0 Å². The van der Waals surface area contributed by atoms with Crippen molar-refractivity contribution in [3.8, 4) is 0 Å². The van der Waals surface area contributed by atoms with Gasteiger partial charge in [0.1, 0.15) is 0 Å². The molecule has 0 aromatic carbocycles. The Morgan fingerprint density at radius 1 is 1.27 bits per heavy atom. The maximum atomic E-state index is 12.8. The molecule has 26 heavy (non-hydrogen) atoms. The molecular formula is C19H29N3O3S. The van der Waals surface area contributed by atoms with Crippen LogP contribution >= 0.6 is 11.3 Å². The van der Waals surface area contributed by atoms with Crippen LogP contribution < -0.4 is 5.32 Å². The predicted molar refractivity (Wildman–Crippen MR) is 103 cm³/mol. The minimum absolute atomic E-state index is 0.0137. The van der Waals surface area contributed by atoms with Gasteiger partial charge in [-0.2, -0.15) is 0 Å². The molecule has 3 amide bonds. The van der Waals surface area contributed by atoms with Crippen LogP contribution in [0, 0.1) is 5.92 Å². The highest BCUT2D eigenvalue weighted by atomic mass is 32.1. The topological polar surface area (TPSA) is 69.7 Å². The molecule has 0 unspecified atom stereocenters. The Labute approximate surface area is 159 Å². The number of carbonyl (C=O) groups is 3. The molecule has 144 valence electrons. The van der Waals surface area contributed by atoms with Crippen molar-refractivity contribution in [1.82, 2.24) is 15.1 Å². The van der Waals surface area contributed by atoms with E-state index in [9.17, 15) is 14.4 Å². The number of likely N-dealkylation sites (tertiary alicyclic amines) is 1. The van der Waals surface area contributed by atoms with Gasteiger partial charge in [-0.1, -0.05) is 6.07 Å². The lowest BCUT2D eigenvalue weighted by atomic mass is 9.95. The molecule has 2 rings (SSSR count). The van der Waals surface area contributed by atoms with Gasteiger partial charge in [-0.25, -0.2) is 0 Å². The van der Waals surface area contributed by atoms with Crippen molar-refractivity contribution >= 4 is 29.1 Å². The Morgan fingerprint density at radius 3 is 2.42 bits per heavy atom. The van der Waals surface area contributed by atoms with Gasteiger partial charge in [0.05, 0.1) is 11.4 Å². The first-order chi connectivity index (χ1) is 12.2. The molecule has 1 aliphatic rings. The lowest BCUT2D eigenvalue weighted by molar-refractivity contribution is -0.140. The van der Waals surface area contributed by atoms with Crippen LogP contribution in [0.5, 0.6) is 0 Å². The van der Waals surface area contributed by atoms with Crippen molar-refractivity contribution in [2.45, 2.75) is 46.1 Å². The van der Waals surface area contributed by atoms with E-state index in [0.717, 1.165) is 4.88 Å². The van der Waals surface area contributed by atoms with Crippen LogP contribution in [0.3, 0.4) is 0 Å². The molecule has 0 spiro atoms. The van der Waals surface area contributed by atoms with E-state index in [2.05, 4.69) is 5.32 Å². The van der Waals surface area contributed by atoms with Gasteiger partial charge in [0.15, 0.2) is 0 Å². The molecule has 1 fully saturated rings. The first-order valence-electron chi connectivity index (χ1n) is 9.14. The van der Waals surface area contributed by atoms with Gasteiger partial charge in [-0.3, -0.25) is 14.4 Å². The van der Waals surface area contributed by atoms with Gasteiger partial charge >= 0.3 is 0 Å². The molecule has 0 bridgehead atoms. The average Bonchev–Trinajstić information content (AvgIpc) is 3.11. The molecule has 1 aliphatic heterocycles. The number of hydrogen-bond donors (Lipinski definition) is 1. The highest BCUT2D eigenvalue weighted by molar-refractivity contribution is 7.12. The third-order valence-electron chi connectivity index (χ3n) is 4.41. The fourth-order valence-corrected chi connectivity index (χ4v) is 3.81. The summed E-state index contributed by atoms with van der Waals surface area (Å²) in [5, 5.41) is 4.79. The first-order valence-corrected chi connectivity index (χ1v) is 10.0. The predicted octanol–water partition coefficient (Wildman–Crippen LogP) is 2.36. The normalized spacial score (nSPS) is 15.6. The monoisotopic (exact) mass is 379 g/mol. The second kappa shape index (κ2) is 8.66. The zero-order valence-corrected chi connectivity index (χ0v) is 16.9. The minimum atomic E-state index is -0.312. The molecular weight excluding hydrogens is 350 g/mol. The molecule has 1 aromatic rings. The van der Waals surface area contributed by atoms with E-state index < -0.39 is 0 Å². The Balaban J connectivity index is 1.87. The van der Waals surface area contributed by atoms with Crippen LogP contribution in [0.4, 0.5) is 0 Å². The van der Waals surface area contributed by atoms with Gasteiger partial charge < -0.3 is 15.1 Å². The number of amides is 3. The summed E-state index contributed by atoms with van der Waals surface area (Å²) >= 11 is 1.44. The fraction of sp³-hybridized carbons (Fsp3) is 0.632. The number of piperidine rings is 1. The largest absolute Gasteiger partial charge is 0.350 e. The molecule has 2 heterocycles. The highest BCUT2D eigenvalue weighted by Gasteiger charge is 2.31. The van der Waals surface area contributed by atoms with Crippen LogP contribution in [-0.2, 0) is 9.59 Å². The number of nitrogens with zero attached hydrogens (tertiary/aromatic N) is 2. The summed E-state index contributed by atoms with van der Waals surface area (Å²) in [6.45, 7) is 9.40. The second-order valence-electron chi connectivity index (χ2n) is 7.69. The van der Waals surface area contributed by atoms with Crippen LogP contribution in [0.25, 0.3) is 0 Å². The quantitative estimate of drug-likeness (QED) is 0.854. The summed E-state index contributed by atoms with van der Waals surface area (Å²) in [4.78, 5) is 41.5. The zero-order chi connectivity index (χ0) is 19.3. The lowest BCUT2D eigenvalue weighted by Gasteiger charge is -2.34. The lowest BCUT2D eigenvalue weighted by Crippen LogP contribution is -2.49. The molecule has 7 heteroatoms. The smallest absolute Gasteiger partial charge is 0.263 e. The van der Waals surface area contributed by atoms with Gasteiger partial charge in [-0.15, -0.1) is 11.3 Å². The maximum Gasteiger partial charge on any atom is 0.263 e. The van der Waals surface area contributed by atoms with E-state index >= 15 is 0 Å². The van der Waals surface area contributed by atoms with Crippen LogP contribution in [-0.4, -0.2) is 59.2 Å². The average molecular weight is 380 g/mol. The van der Waals surface area contributed by atoms with Gasteiger partial charge in [0.2, 0.25) is 11.8 Å². The second-order valence-corrected chi connectivity index (χ2v) is 8.64. The summed E-state index contributed by atoms with van der Waals surface area (Å²) in [6, 6.07) is 3.70. The molecule has 0 aliphatic carbocycles. The molecule has 1 saturated heterocycles. The van der Waals surface area contributed by atoms with Crippen molar-refractivity contribution in [2.75, 3.05) is 26.2 Å². The number of nitrogens with one attached hydrogen (secondary N) is 1. The third kappa shape index (κ3) is 5.56. The van der Waals surface area contributed by atoms with E-state index in [1.54, 1.807) is 4.90 Å². The first kappa shape index (κ1) is 20.4. The Kier molecular flexibility index (Phi) is 6.81. The Bertz CT molecular complexity index is 629. The van der Waals surface area contributed by atoms with Crippen LogP contribution in [0.15, 0.2) is 17.5 Å². The van der Waals surface area contributed by atoms with E-state index in [1.807, 2.05) is 50.1 Å². The third-order valence-corrected chi connectivity index (χ3v) is 5.26. The number of rotatable bonds is 5. The number of hydrogen-bond acceptors (Lipinski definition) is 4. The summed E-state index contributed by atoms with van der Waals surface area (Å²) in [5.74, 6) is -0.203. The number of carbonyl (C=O) groups excluding carboxylic acids is 3. The van der Waals surface area contributed by atoms with Gasteiger partial charge in [0.25, 0.3) is 5.91 Å². The Hall–Kier alpha value is -1.89. The summed E-state index contributed by atoms with van der Waals surface area (Å²) in [5.41, 5.74) is -0.312. The SMILES string of the molecule is CCN(CC(=O)NC(C)(C)C)C(=O)C1CCN(C(=O)c2cccs2)CC1. The summed E-state index contributed by atoms with van der Waals surface area (Å²) < 4.78 is 0. The highest BCUT2D eigenvalue weighted by Crippen LogP contribution is 2.22. The van der Waals surface area contributed by atoms with Crippen LogP contribution in [0.2, 0.25) is 0 Å². The molecule has 6 nitrogen and oxygen atoms in total. The van der Waals surface area contributed by atoms with Gasteiger partial charge in [-0.05, 0) is 52.0 Å². The van der Waals surface area contributed by atoms with Crippen molar-refractivity contribution in [3.05, 3.63) is 22.4 Å². The standard InChI is InChI=1S/C19H29N3O3S/c1-5-21(13-16(23)20-19(2,3)4)17(24)14-8-10-22(11-9-14)18(25)15-7-6-12-26-15/h6-7,12,14H,5,8-11,13H2,1-4H3,(H,20,23). The molecule has 0 saturated carbocycles. The maximum absolute atomic E-state index is 12.8. The number of likely N-dealkylation sites (N-methyl/N-ethyl adjacent to an activating group) is 1. The number of thiophene rings is 1. The van der Waals surface area contributed by atoms with E-state index in [1.165, 1.54) is 11.3 Å². The van der Waals surface area contributed by atoms with Crippen LogP contribution in [0.1, 0.15) is 50.2 Å². The Morgan fingerprint density at radius 2 is 1.92 bits per heavy atom. The molecule has 0 radical (unpaired) electrons. The molecule has 1 aromatic heterocycles. The van der Waals surface area contributed by atoms with Crippen molar-refractivity contribution in [1.29, 1.82) is 0 Å². The van der Waals surface area contributed by atoms with Gasteiger partial charge in [0, 0.05) is 31.1 Å². The zero-order valence-electron chi connectivity index (χ0n) is 16.1. The molecule has 1 N–H and O–H groups in total. The van der Waals surface area contributed by atoms with E-state index in [0.29, 0.717) is 32.5 Å². The summed E-state index contributed by atoms with van der Waals surface area (Å²) in [7, 11) is 0.